The number of aliphatic hydroxyl groups is 1. The molecule has 0 fully saturated rings. The molecule has 0 spiro atoms. The second-order valence-corrected chi connectivity index (χ2v) is 58.9. The molecular weight excluding hydrogens is 2020 g/mol. The van der Waals surface area contributed by atoms with E-state index < -0.39 is 30.2 Å². The molecule has 0 radical (unpaired) electrons. The van der Waals surface area contributed by atoms with Gasteiger partial charge in [-0.05, 0) is 230 Å². The molecule has 0 aliphatic rings. The smallest absolute Gasteiger partial charge is 0.337 e. The molecule has 5 N–H and O–H groups in total. The number of esters is 4. The second-order valence-electron chi connectivity index (χ2n) is 34.1. The van der Waals surface area contributed by atoms with Gasteiger partial charge in [-0.2, -0.15) is 0 Å². The van der Waals surface area contributed by atoms with Crippen LogP contribution >= 0.6 is 125 Å². The predicted molar refractivity (Wildman–Crippen MR) is 559 cm³/mol. The van der Waals surface area contributed by atoms with E-state index in [2.05, 4.69) is 123 Å². The monoisotopic (exact) mass is 2120 g/mol. The molecule has 0 aliphatic heterocycles. The molecule has 33 heteroatoms. The van der Waals surface area contributed by atoms with Gasteiger partial charge in [-0.3, -0.25) is 0 Å². The third-order valence-electron chi connectivity index (χ3n) is 20.4. The summed E-state index contributed by atoms with van der Waals surface area (Å²) in [6.07, 6.45) is 11.5. The molecule has 6 heterocycles. The average Bonchev–Trinajstić information content (AvgIpc) is 1.66. The summed E-state index contributed by atoms with van der Waals surface area (Å²) < 4.78 is 44.6. The number of methoxy groups -OCH3 is 4. The van der Waals surface area contributed by atoms with Crippen LogP contribution in [0.4, 0.5) is 0 Å². The van der Waals surface area contributed by atoms with Crippen molar-refractivity contribution in [3.8, 4) is 0 Å². The largest absolute Gasteiger partial charge is 0.478 e. The van der Waals surface area contributed by atoms with Crippen LogP contribution in [0, 0.1) is 0 Å². The number of hydrogen-bond donors (Lipinski definition) is 5. The Balaban J connectivity index is 0.000000156. The van der Waals surface area contributed by atoms with E-state index in [1.165, 1.54) is 40.2 Å². The minimum Gasteiger partial charge on any atom is -0.478 e. The van der Waals surface area contributed by atoms with Crippen molar-refractivity contribution in [3.05, 3.63) is 306 Å². The standard InChI is InChI=1S/C22H26ClNO3SSi.C21H24ClNO3SSi.C16H22BrNO3Si.C16H12ClNO2S.C15H12ClNOS.C10H8BrNO2/c1-26-22(25)16-13-20-19(9-10-24(20)15-27-11-12-29(2,3)4)21(14-16)28-18-7-5-17(23)6-8-18;1-28(2,3)11-10-26-14-23-9-8-18-19(23)12-15(21(24)25)13-20(18)27-17-6-4-16(22)5-7-17;1-20-16(19)12-9-14(17)13-5-6-18(15(13)10-12)11-21-7-8-22(2,3)4;1-20-16(19)10-8-14-13(6-7-18-14)15(9-10)21-12-4-2-11(17)3-5-12;16-11-1-3-12(4-2-11)19-15-8-10(9-18)7-14-13(15)5-6-17-14;1-14-10(13)6-4-8(11)7-2-3-12-9(7)5-6/h5-10,13-14H,11-12,15H2,1-4H3;4-9,12-13H,10-11,14H2,1-3H3,(H,24,25);5-6,9-10H,7-8,11H2,1-4H3;2-9,18H,1H3;1-8,17-18H,9H2;2-5,12H,1H3. The third-order valence-corrected chi connectivity index (χ3v) is 32.1. The number of aromatic nitrogens is 6. The molecule has 696 valence electrons. The number of carboxylic acids is 1. The summed E-state index contributed by atoms with van der Waals surface area (Å²) in [6.45, 7) is 24.6. The minimum atomic E-state index is -1.14. The number of carbonyl (C=O) groups excluding carboxylic acids is 4. The molecule has 0 saturated heterocycles. The number of aliphatic hydroxyl groups excluding tert-OH is 1. The summed E-state index contributed by atoms with van der Waals surface area (Å²) in [5.41, 5.74) is 8.96. The van der Waals surface area contributed by atoms with E-state index in [1.807, 2.05) is 209 Å². The second kappa shape index (κ2) is 49.0. The SMILES string of the molecule is COC(=O)c1cc(Br)c2cc[nH]c2c1.COC(=O)c1cc(Br)c2ccn(COCC[Si](C)(C)C)c2c1.COC(=O)c1cc(Sc2ccc(Cl)cc2)c2cc[nH]c2c1.COC(=O)c1cc(Sc2ccc(Cl)cc2)c2ccn(COCC[Si](C)(C)C)c2c1.C[Si](C)(C)CCOCn1ccc2c(Sc3ccc(Cl)cc3)cc(C(=O)O)cc21.OCc1cc(Sc2ccc(Cl)cc2)c2cc[nH]c2c1. The first-order valence-electron chi connectivity index (χ1n) is 42.1. The van der Waals surface area contributed by atoms with Gasteiger partial charge in [0.15, 0.2) is 0 Å². The van der Waals surface area contributed by atoms with E-state index >= 15 is 0 Å². The summed E-state index contributed by atoms with van der Waals surface area (Å²) in [7, 11) is 2.20. The highest BCUT2D eigenvalue weighted by Gasteiger charge is 2.22. The molecule has 0 atom stereocenters. The third kappa shape index (κ3) is 30.6. The number of fused-ring (bicyclic) bond motifs is 6. The molecule has 20 nitrogen and oxygen atoms in total. The average molecular weight is 2130 g/mol. The van der Waals surface area contributed by atoms with Crippen molar-refractivity contribution in [2.24, 2.45) is 0 Å². The molecule has 133 heavy (non-hydrogen) atoms. The lowest BCUT2D eigenvalue weighted by Gasteiger charge is -2.16. The van der Waals surface area contributed by atoms with E-state index in [4.69, 9.17) is 74.8 Å². The van der Waals surface area contributed by atoms with Gasteiger partial charge in [0.25, 0.3) is 0 Å². The fraction of sp³-hybridized carbons (Fsp3) is 0.230. The first-order chi connectivity index (χ1) is 63.5. The molecule has 0 aliphatic carbocycles. The number of carbonyl (C=O) groups is 5. The highest BCUT2D eigenvalue weighted by molar-refractivity contribution is 9.11. The van der Waals surface area contributed by atoms with Gasteiger partial charge in [0, 0.05) is 198 Å². The Hall–Kier alpha value is -9.20. The van der Waals surface area contributed by atoms with Crippen LogP contribution in [0.3, 0.4) is 0 Å². The van der Waals surface area contributed by atoms with E-state index in [1.54, 1.807) is 71.7 Å². The van der Waals surface area contributed by atoms with Crippen LogP contribution in [0.1, 0.15) is 57.4 Å². The van der Waals surface area contributed by atoms with Crippen LogP contribution in [-0.4, -0.2) is 141 Å². The van der Waals surface area contributed by atoms with Crippen LogP contribution < -0.4 is 0 Å². The van der Waals surface area contributed by atoms with Crippen LogP contribution in [0.15, 0.2) is 292 Å². The van der Waals surface area contributed by atoms with E-state index in [0.717, 1.165) is 162 Å². The molecule has 0 unspecified atom stereocenters. The van der Waals surface area contributed by atoms with Gasteiger partial charge in [0.05, 0.1) is 79.4 Å². The molecule has 16 rings (SSSR count). The van der Waals surface area contributed by atoms with Crippen LogP contribution in [0.5, 0.6) is 0 Å². The lowest BCUT2D eigenvalue weighted by molar-refractivity contribution is 0.0591. The van der Waals surface area contributed by atoms with Crippen molar-refractivity contribution in [3.63, 3.8) is 0 Å². The van der Waals surface area contributed by atoms with Crippen LogP contribution in [0.25, 0.3) is 65.4 Å². The van der Waals surface area contributed by atoms with Gasteiger partial charge < -0.3 is 72.0 Å². The summed E-state index contributed by atoms with van der Waals surface area (Å²) in [4.78, 5) is 76.3. The minimum absolute atomic E-state index is 0.0448. The maximum absolute atomic E-state index is 12.2. The molecule has 0 saturated carbocycles. The first-order valence-corrected chi connectivity index (χ1v) is 59.6. The number of benzene rings is 10. The zero-order chi connectivity index (χ0) is 95.8. The number of aromatic carboxylic acids is 1. The van der Waals surface area contributed by atoms with Crippen molar-refractivity contribution in [1.29, 1.82) is 0 Å². The van der Waals surface area contributed by atoms with Gasteiger partial charge in [-0.25, -0.2) is 24.0 Å². The summed E-state index contributed by atoms with van der Waals surface area (Å²) in [5, 5.41) is 28.1. The Morgan fingerprint density at radius 2 is 0.624 bits per heavy atom. The maximum atomic E-state index is 12.2. The van der Waals surface area contributed by atoms with Gasteiger partial charge in [-0.1, -0.05) is 184 Å². The zero-order valence-corrected chi connectivity index (χ0v) is 88.2. The van der Waals surface area contributed by atoms with Crippen LogP contribution in [-0.2, 0) is 60.0 Å². The lowest BCUT2D eigenvalue weighted by atomic mass is 10.1. The molecule has 0 amide bonds. The van der Waals surface area contributed by atoms with E-state index in [-0.39, 0.29) is 36.0 Å². The number of ether oxygens (including phenoxy) is 7. The summed E-state index contributed by atoms with van der Waals surface area (Å²) in [6, 6.07) is 68.0. The first kappa shape index (κ1) is 104. The number of rotatable bonds is 29. The fourth-order valence-corrected chi connectivity index (χ4v) is 21.2. The predicted octanol–water partition coefficient (Wildman–Crippen LogP) is 29.4. The summed E-state index contributed by atoms with van der Waals surface area (Å²) in [5.74, 6) is -2.30. The molecular formula is C100H104Br2Cl4N6O14S4Si3. The normalized spacial score (nSPS) is 11.4. The molecule has 6 aromatic heterocycles. The number of H-pyrrole nitrogens is 3. The highest BCUT2D eigenvalue weighted by atomic mass is 79.9. The molecule has 0 bridgehead atoms. The number of nitrogens with one attached hydrogen (secondary N) is 3. The van der Waals surface area contributed by atoms with Crippen molar-refractivity contribution >= 4 is 245 Å². The summed E-state index contributed by atoms with van der Waals surface area (Å²) >= 11 is 37.1. The molecule has 10 aromatic carbocycles. The Labute approximate surface area is 830 Å². The zero-order valence-electron chi connectivity index (χ0n) is 75.7. The van der Waals surface area contributed by atoms with Gasteiger partial charge >= 0.3 is 29.8 Å². The number of nitrogens with zero attached hydrogens (tertiary/aromatic N) is 3. The maximum Gasteiger partial charge on any atom is 0.337 e. The number of carboxylic acid groups (broad SMARTS) is 1. The van der Waals surface area contributed by atoms with Crippen LogP contribution in [0.2, 0.25) is 97.1 Å². The van der Waals surface area contributed by atoms with Crippen molar-refractivity contribution in [1.82, 2.24) is 28.7 Å². The van der Waals surface area contributed by atoms with Crippen molar-refractivity contribution in [2.75, 3.05) is 48.3 Å². The van der Waals surface area contributed by atoms with E-state index in [0.29, 0.717) is 57.5 Å². The van der Waals surface area contributed by atoms with Crippen molar-refractivity contribution < 1.29 is 67.3 Å². The van der Waals surface area contributed by atoms with Gasteiger partial charge in [0.1, 0.15) is 20.2 Å². The quantitative estimate of drug-likeness (QED) is 0.0126. The number of halogens is 6. The highest BCUT2D eigenvalue weighted by Crippen LogP contribution is 2.41. The Kier molecular flexibility index (Phi) is 38.4. The number of hydrogen-bond acceptors (Lipinski definition) is 17. The number of aromatic amines is 3. The topological polar surface area (TPSA) is 253 Å². The van der Waals surface area contributed by atoms with E-state index in [9.17, 15) is 34.2 Å². The molecule has 16 aromatic rings. The lowest BCUT2D eigenvalue weighted by Crippen LogP contribution is -2.22. The Morgan fingerprint density at radius 3 is 0.970 bits per heavy atom. The Bertz CT molecular complexity index is 6700. The fourth-order valence-electron chi connectivity index (χ4n) is 13.2. The van der Waals surface area contributed by atoms with Gasteiger partial charge in [0.2, 0.25) is 0 Å². The van der Waals surface area contributed by atoms with Gasteiger partial charge in [-0.15, -0.1) is 0 Å². The van der Waals surface area contributed by atoms with Crippen molar-refractivity contribution in [2.45, 2.75) is 143 Å². The Morgan fingerprint density at radius 1 is 0.346 bits per heavy atom.